The van der Waals surface area contributed by atoms with Crippen LogP contribution in [0.1, 0.15) is 102 Å². The summed E-state index contributed by atoms with van der Waals surface area (Å²) in [5.74, 6) is 0. The van der Waals surface area contributed by atoms with Crippen LogP contribution < -0.4 is 0 Å². The molecule has 1 aliphatic rings. The lowest BCUT2D eigenvalue weighted by atomic mass is 9.81. The van der Waals surface area contributed by atoms with Crippen LogP contribution in [0.2, 0.25) is 0 Å². The van der Waals surface area contributed by atoms with Gasteiger partial charge >= 0.3 is 7.19 Å². The average molecular weight is 367 g/mol. The lowest BCUT2D eigenvalue weighted by molar-refractivity contribution is -0.233. The molecule has 0 N–H and O–H groups in total. The van der Waals surface area contributed by atoms with Crippen LogP contribution in [0.25, 0.3) is 0 Å². The molecule has 0 aromatic carbocycles. The number of hydrogen-bond donors (Lipinski definition) is 0. The van der Waals surface area contributed by atoms with E-state index in [1.807, 2.05) is 0 Å². The molecule has 1 heterocycles. The number of hydrogen-bond acceptors (Lipinski definition) is 4. The van der Waals surface area contributed by atoms with E-state index in [0.717, 1.165) is 0 Å². The van der Waals surface area contributed by atoms with E-state index in [1.165, 1.54) is 19.3 Å². The third-order valence-electron chi connectivity index (χ3n) is 5.77. The van der Waals surface area contributed by atoms with Crippen LogP contribution in [0.3, 0.4) is 0 Å². The van der Waals surface area contributed by atoms with Gasteiger partial charge in [0, 0.05) is 11.1 Å². The highest BCUT2D eigenvalue weighted by atomic mass is 16.7. The highest BCUT2D eigenvalue weighted by molar-refractivity contribution is 6.45. The normalized spacial score (nSPS) is 21.0. The summed E-state index contributed by atoms with van der Waals surface area (Å²) >= 11 is 0. The molecule has 1 fully saturated rings. The Labute approximate surface area is 164 Å². The summed E-state index contributed by atoms with van der Waals surface area (Å²) in [6.07, 6.45) is 3.62. The van der Waals surface area contributed by atoms with Gasteiger partial charge in [0.2, 0.25) is 0 Å². The second kappa shape index (κ2) is 8.94. The first-order valence-corrected chi connectivity index (χ1v) is 10.7. The van der Waals surface area contributed by atoms with Crippen molar-refractivity contribution in [3.8, 4) is 0 Å². The first kappa shape index (κ1) is 23.9. The Bertz CT molecular complexity index is 383. The highest BCUT2D eigenvalue weighted by Crippen LogP contribution is 2.39. The Balaban J connectivity index is 3.35. The lowest BCUT2D eigenvalue weighted by Gasteiger charge is -2.55. The van der Waals surface area contributed by atoms with Gasteiger partial charge in [0.1, 0.15) is 0 Å². The smallest absolute Gasteiger partial charge is 0.319 e. The Morgan fingerprint density at radius 1 is 0.692 bits per heavy atom. The number of rotatable bonds is 8. The average Bonchev–Trinajstić information content (AvgIpc) is 2.40. The van der Waals surface area contributed by atoms with Crippen molar-refractivity contribution in [2.45, 2.75) is 138 Å². The molecule has 0 amide bonds. The van der Waals surface area contributed by atoms with Gasteiger partial charge in [-0.15, -0.1) is 0 Å². The summed E-state index contributed by atoms with van der Waals surface area (Å²) in [6.45, 7) is 27.5. The maximum atomic E-state index is 6.98. The van der Waals surface area contributed by atoms with Crippen LogP contribution in [0, 0.1) is 0 Å². The Morgan fingerprint density at radius 3 is 1.27 bits per heavy atom. The van der Waals surface area contributed by atoms with Gasteiger partial charge in [-0.3, -0.25) is 9.62 Å². The molecule has 154 valence electrons. The SMILES string of the molecule is CC(C)N(B(ON1C(C)(C)CCCC1(C)C)N(C(C)C)C(C)C)C(C)C. The summed E-state index contributed by atoms with van der Waals surface area (Å²) in [6, 6.07) is 1.65. The molecule has 0 bridgehead atoms. The first-order chi connectivity index (χ1) is 11.7. The number of hydroxylamine groups is 2. The third kappa shape index (κ3) is 5.46. The molecule has 1 aliphatic heterocycles. The van der Waals surface area contributed by atoms with Gasteiger partial charge in [-0.1, -0.05) is 55.4 Å². The van der Waals surface area contributed by atoms with E-state index >= 15 is 0 Å². The fourth-order valence-electron chi connectivity index (χ4n) is 4.83. The highest BCUT2D eigenvalue weighted by Gasteiger charge is 2.48. The van der Waals surface area contributed by atoms with E-state index in [9.17, 15) is 0 Å². The minimum absolute atomic E-state index is 0.0409. The van der Waals surface area contributed by atoms with Crippen molar-refractivity contribution in [3.05, 3.63) is 0 Å². The summed E-state index contributed by atoms with van der Waals surface area (Å²) in [5.41, 5.74) is 0.0819. The van der Waals surface area contributed by atoms with Crippen LogP contribution in [0.4, 0.5) is 0 Å². The number of nitrogens with zero attached hydrogens (tertiary/aromatic N) is 3. The van der Waals surface area contributed by atoms with E-state index in [2.05, 4.69) is 97.8 Å². The minimum Gasteiger partial charge on any atom is -0.319 e. The van der Waals surface area contributed by atoms with Crippen molar-refractivity contribution < 1.29 is 4.76 Å². The van der Waals surface area contributed by atoms with E-state index in [1.54, 1.807) is 0 Å². The van der Waals surface area contributed by atoms with Crippen molar-refractivity contribution in [3.63, 3.8) is 0 Å². The summed E-state index contributed by atoms with van der Waals surface area (Å²) in [7, 11) is -0.0633. The van der Waals surface area contributed by atoms with Crippen LogP contribution in [0.5, 0.6) is 0 Å². The van der Waals surface area contributed by atoms with Crippen LogP contribution >= 0.6 is 0 Å². The summed E-state index contributed by atoms with van der Waals surface area (Å²) in [5, 5.41) is 2.32. The van der Waals surface area contributed by atoms with E-state index in [0.29, 0.717) is 24.2 Å². The molecule has 0 aromatic rings. The van der Waals surface area contributed by atoms with Gasteiger partial charge in [0.05, 0.1) is 0 Å². The fraction of sp³-hybridized carbons (Fsp3) is 1.00. The maximum Gasteiger partial charge on any atom is 0.497 e. The van der Waals surface area contributed by atoms with Crippen molar-refractivity contribution in [2.24, 2.45) is 0 Å². The standard InChI is InChI=1S/C21H46BN3O/c1-16(2)23(17(3)4)22(24(18(5)6)19(7)8)26-25-20(9,10)14-13-15-21(25,11)12/h16-19H,13-15H2,1-12H3. The molecule has 26 heavy (non-hydrogen) atoms. The van der Waals surface area contributed by atoms with Crippen molar-refractivity contribution in [1.29, 1.82) is 0 Å². The van der Waals surface area contributed by atoms with E-state index in [4.69, 9.17) is 4.76 Å². The Morgan fingerprint density at radius 2 is 1.00 bits per heavy atom. The predicted octanol–water partition coefficient (Wildman–Crippen LogP) is 5.18. The predicted molar refractivity (Wildman–Crippen MR) is 115 cm³/mol. The maximum absolute atomic E-state index is 6.98. The topological polar surface area (TPSA) is 19.0 Å². The van der Waals surface area contributed by atoms with Crippen molar-refractivity contribution in [2.75, 3.05) is 0 Å². The van der Waals surface area contributed by atoms with Gasteiger partial charge in [-0.05, 0) is 71.1 Å². The molecule has 5 heteroatoms. The molecular weight excluding hydrogens is 321 g/mol. The molecule has 4 nitrogen and oxygen atoms in total. The molecule has 0 radical (unpaired) electrons. The van der Waals surface area contributed by atoms with Gasteiger partial charge in [0.25, 0.3) is 0 Å². The molecule has 0 aromatic heterocycles. The van der Waals surface area contributed by atoms with Crippen LogP contribution in [-0.2, 0) is 4.76 Å². The van der Waals surface area contributed by atoms with Crippen LogP contribution in [0.15, 0.2) is 0 Å². The minimum atomic E-state index is -0.0633. The quantitative estimate of drug-likeness (QED) is 0.550. The van der Waals surface area contributed by atoms with E-state index < -0.39 is 0 Å². The molecule has 0 aliphatic carbocycles. The van der Waals surface area contributed by atoms with E-state index in [-0.39, 0.29) is 18.3 Å². The largest absolute Gasteiger partial charge is 0.497 e. The molecule has 0 unspecified atom stereocenters. The zero-order valence-electron chi connectivity index (χ0n) is 19.8. The fourth-order valence-corrected chi connectivity index (χ4v) is 4.83. The zero-order valence-corrected chi connectivity index (χ0v) is 19.8. The Kier molecular flexibility index (Phi) is 8.23. The third-order valence-corrected chi connectivity index (χ3v) is 5.77. The lowest BCUT2D eigenvalue weighted by Crippen LogP contribution is -2.69. The Hall–Kier alpha value is -0.0951. The van der Waals surface area contributed by atoms with Crippen molar-refractivity contribution in [1.82, 2.24) is 14.7 Å². The van der Waals surface area contributed by atoms with Crippen LogP contribution in [-0.4, -0.2) is 57.1 Å². The zero-order chi connectivity index (χ0) is 20.4. The summed E-state index contributed by atoms with van der Waals surface area (Å²) < 4.78 is 6.98. The first-order valence-electron chi connectivity index (χ1n) is 10.7. The van der Waals surface area contributed by atoms with Gasteiger partial charge in [-0.25, -0.2) is 0 Å². The molecule has 1 rings (SSSR count). The summed E-state index contributed by atoms with van der Waals surface area (Å²) in [4.78, 5) is 5.03. The molecule has 0 atom stereocenters. The second-order valence-electron chi connectivity index (χ2n) is 10.5. The molecular formula is C21H46BN3O. The van der Waals surface area contributed by atoms with Crippen molar-refractivity contribution >= 4 is 7.19 Å². The molecule has 0 saturated carbocycles. The molecule has 1 saturated heterocycles. The number of piperidine rings is 1. The van der Waals surface area contributed by atoms with Gasteiger partial charge in [-0.2, -0.15) is 5.06 Å². The van der Waals surface area contributed by atoms with Gasteiger partial charge in [0.15, 0.2) is 0 Å². The van der Waals surface area contributed by atoms with Gasteiger partial charge < -0.3 is 4.76 Å². The molecule has 0 spiro atoms. The second-order valence-corrected chi connectivity index (χ2v) is 10.5. The monoisotopic (exact) mass is 367 g/mol.